The second kappa shape index (κ2) is 14.6. The first-order chi connectivity index (χ1) is 25.1. The van der Waals surface area contributed by atoms with E-state index in [-0.39, 0.29) is 42.4 Å². The van der Waals surface area contributed by atoms with Crippen LogP contribution in [-0.2, 0) is 33.8 Å². The van der Waals surface area contributed by atoms with E-state index in [2.05, 4.69) is 23.6 Å². The summed E-state index contributed by atoms with van der Waals surface area (Å²) in [5, 5.41) is 7.63. The lowest BCUT2D eigenvalue weighted by molar-refractivity contribution is -0.130. The number of rotatable bonds is 10. The quantitative estimate of drug-likeness (QED) is 0.123. The van der Waals surface area contributed by atoms with Crippen molar-refractivity contribution in [3.05, 3.63) is 89.0 Å². The molecule has 5 heterocycles. The molecule has 2 aliphatic heterocycles. The molecule has 1 atom stereocenters. The lowest BCUT2D eigenvalue weighted by atomic mass is 9.93. The summed E-state index contributed by atoms with van der Waals surface area (Å²) in [6.45, 7) is 8.60. The monoisotopic (exact) mass is 726 g/mol. The zero-order chi connectivity index (χ0) is 36.7. The molecule has 10 nitrogen and oxygen atoms in total. The number of thiophene rings is 1. The molecule has 52 heavy (non-hydrogen) atoms. The molecule has 3 aromatic heterocycles. The molecule has 0 bridgehead atoms. The lowest BCUT2D eigenvalue weighted by Gasteiger charge is -2.33. The van der Waals surface area contributed by atoms with Gasteiger partial charge in [-0.2, -0.15) is 5.10 Å². The Balaban J connectivity index is 1.40. The minimum atomic E-state index is -0.790. The van der Waals surface area contributed by atoms with Gasteiger partial charge in [-0.1, -0.05) is 18.7 Å². The zero-order valence-electron chi connectivity index (χ0n) is 29.6. The second-order valence-electron chi connectivity index (χ2n) is 13.3. The van der Waals surface area contributed by atoms with Crippen molar-refractivity contribution >= 4 is 33.2 Å². The van der Waals surface area contributed by atoms with Gasteiger partial charge in [0, 0.05) is 69.5 Å². The minimum absolute atomic E-state index is 0.0315. The van der Waals surface area contributed by atoms with Gasteiger partial charge in [0.25, 0.3) is 0 Å². The number of methoxy groups -OCH3 is 1. The number of carbonyl (C=O) groups excluding carboxylic acids is 2. The third-order valence-corrected chi connectivity index (χ3v) is 10.7. The molecule has 7 rings (SSSR count). The number of hydrogen-bond acceptors (Lipinski definition) is 8. The molecule has 2 aliphatic rings. The molecule has 270 valence electrons. The second-order valence-corrected chi connectivity index (χ2v) is 14.2. The smallest absolute Gasteiger partial charge is 0.246 e. The van der Waals surface area contributed by atoms with Crippen molar-refractivity contribution in [3.63, 3.8) is 0 Å². The highest BCUT2D eigenvalue weighted by Gasteiger charge is 2.31. The first-order valence-corrected chi connectivity index (χ1v) is 18.0. The number of halogens is 2. The Bertz CT molecular complexity index is 2200. The molecule has 5 aromatic rings. The minimum Gasteiger partial charge on any atom is -0.490 e. The van der Waals surface area contributed by atoms with E-state index in [0.29, 0.717) is 48.8 Å². The van der Waals surface area contributed by atoms with Gasteiger partial charge in [0.2, 0.25) is 11.8 Å². The van der Waals surface area contributed by atoms with Gasteiger partial charge in [0.1, 0.15) is 35.4 Å². The molecule has 0 N–H and O–H groups in total. The lowest BCUT2D eigenvalue weighted by Crippen LogP contribution is -2.40. The Morgan fingerprint density at radius 3 is 2.63 bits per heavy atom. The number of ether oxygens (including phenoxy) is 2. The highest BCUT2D eigenvalue weighted by atomic mass is 32.1. The molecule has 0 unspecified atom stereocenters. The zero-order valence-corrected chi connectivity index (χ0v) is 30.4. The van der Waals surface area contributed by atoms with Crippen molar-refractivity contribution in [2.45, 2.75) is 32.5 Å². The van der Waals surface area contributed by atoms with E-state index in [0.717, 1.165) is 45.9 Å². The van der Waals surface area contributed by atoms with Crippen molar-refractivity contribution in [2.24, 2.45) is 0 Å². The van der Waals surface area contributed by atoms with E-state index in [1.165, 1.54) is 36.2 Å². The highest BCUT2D eigenvalue weighted by Crippen LogP contribution is 2.47. The Hall–Kier alpha value is -4.98. The van der Waals surface area contributed by atoms with Crippen LogP contribution in [0.2, 0.25) is 0 Å². The van der Waals surface area contributed by atoms with E-state index in [1.807, 2.05) is 35.2 Å². The number of nitrogens with zero attached hydrogens (tertiary/aromatic N) is 6. The molecule has 2 amide bonds. The van der Waals surface area contributed by atoms with Crippen LogP contribution < -0.4 is 4.74 Å². The average Bonchev–Trinajstić information content (AvgIpc) is 3.80. The fourth-order valence-electron chi connectivity index (χ4n) is 7.07. The van der Waals surface area contributed by atoms with Crippen LogP contribution in [0.5, 0.6) is 5.75 Å². The first-order valence-electron chi connectivity index (χ1n) is 17.2. The molecule has 0 fully saturated rings. The number of amides is 2. The average molecular weight is 727 g/mol. The third kappa shape index (κ3) is 6.59. The van der Waals surface area contributed by atoms with Crippen LogP contribution in [-0.4, -0.2) is 95.3 Å². The molecular weight excluding hydrogens is 687 g/mol. The van der Waals surface area contributed by atoms with Gasteiger partial charge >= 0.3 is 0 Å². The molecule has 13 heteroatoms. The molecule has 0 aliphatic carbocycles. The van der Waals surface area contributed by atoms with Crippen molar-refractivity contribution < 1.29 is 27.8 Å². The van der Waals surface area contributed by atoms with Crippen molar-refractivity contribution in [1.29, 1.82) is 0 Å². The predicted octanol–water partition coefficient (Wildman–Crippen LogP) is 6.33. The molecule has 0 spiro atoms. The largest absolute Gasteiger partial charge is 0.490 e. The molecule has 0 saturated carbocycles. The van der Waals surface area contributed by atoms with E-state index in [9.17, 15) is 14.0 Å². The summed E-state index contributed by atoms with van der Waals surface area (Å²) in [6.07, 6.45) is 2.08. The summed E-state index contributed by atoms with van der Waals surface area (Å²) < 4.78 is 44.7. The molecule has 0 saturated heterocycles. The maximum atomic E-state index is 16.2. The summed E-state index contributed by atoms with van der Waals surface area (Å²) in [7, 11) is 5.06. The van der Waals surface area contributed by atoms with Crippen LogP contribution in [0.15, 0.2) is 60.5 Å². The van der Waals surface area contributed by atoms with E-state index >= 15 is 4.39 Å². The number of hydrogen-bond donors (Lipinski definition) is 0. The van der Waals surface area contributed by atoms with Gasteiger partial charge in [-0.05, 0) is 54.1 Å². The highest BCUT2D eigenvalue weighted by molar-refractivity contribution is 7.17. The van der Waals surface area contributed by atoms with Crippen LogP contribution >= 0.6 is 11.3 Å². The molecular formula is C39H40F2N6O4S. The molecule has 0 radical (unpaired) electrons. The Morgan fingerprint density at radius 1 is 1.04 bits per heavy atom. The van der Waals surface area contributed by atoms with Crippen LogP contribution in [0, 0.1) is 11.6 Å². The van der Waals surface area contributed by atoms with Gasteiger partial charge in [0.15, 0.2) is 0 Å². The summed E-state index contributed by atoms with van der Waals surface area (Å²) >= 11 is 1.49. The van der Waals surface area contributed by atoms with Gasteiger partial charge in [0.05, 0.1) is 47.4 Å². The Kier molecular flexibility index (Phi) is 9.92. The number of likely N-dealkylation sites (N-methyl/N-ethyl adjacent to an activating group) is 1. The van der Waals surface area contributed by atoms with Gasteiger partial charge in [-0.3, -0.25) is 19.2 Å². The first kappa shape index (κ1) is 35.4. The van der Waals surface area contributed by atoms with E-state index < -0.39 is 11.6 Å². The van der Waals surface area contributed by atoms with Crippen molar-refractivity contribution in [3.8, 4) is 39.5 Å². The van der Waals surface area contributed by atoms with Gasteiger partial charge in [-0.15, -0.1) is 11.3 Å². The maximum Gasteiger partial charge on any atom is 0.246 e. The Labute approximate surface area is 304 Å². The number of fused-ring (bicyclic) bond motifs is 3. The van der Waals surface area contributed by atoms with Crippen molar-refractivity contribution in [1.82, 2.24) is 29.5 Å². The number of benzene rings is 2. The molecule has 2 aromatic carbocycles. The van der Waals surface area contributed by atoms with Crippen molar-refractivity contribution in [2.75, 3.05) is 54.1 Å². The fraction of sp³-hybridized carbons (Fsp3) is 0.333. The predicted molar refractivity (Wildman–Crippen MR) is 197 cm³/mol. The van der Waals surface area contributed by atoms with Crippen LogP contribution in [0.4, 0.5) is 8.78 Å². The standard InChI is InChI=1S/C39H40F2N6O4S/c1-6-33(48)46-12-13-47-31(23(46)2)20-30(43-47)38-35(36-29(41)18-27(40)19-32(36)51-15-14-50-5)28-10-16-52-39(28)37(42-38)25-7-8-26-21-45(11-9-24(26)17-25)22-34(49)44(3)4/h6-8,10,16-20,23H,1,9,11-15,21-22H2,2-5H3/t23-/m1/s1. The topological polar surface area (TPSA) is 93.0 Å². The summed E-state index contributed by atoms with van der Waals surface area (Å²) in [4.78, 5) is 35.9. The van der Waals surface area contributed by atoms with Crippen LogP contribution in [0.25, 0.3) is 43.9 Å². The summed E-state index contributed by atoms with van der Waals surface area (Å²) in [5.74, 6) is -1.63. The van der Waals surface area contributed by atoms with Gasteiger partial charge < -0.3 is 19.3 Å². The summed E-state index contributed by atoms with van der Waals surface area (Å²) in [6, 6.07) is 11.8. The van der Waals surface area contributed by atoms with E-state index in [4.69, 9.17) is 19.6 Å². The van der Waals surface area contributed by atoms with E-state index in [1.54, 1.807) is 23.9 Å². The fourth-order valence-corrected chi connectivity index (χ4v) is 7.99. The van der Waals surface area contributed by atoms with Crippen LogP contribution in [0.1, 0.15) is 29.8 Å². The van der Waals surface area contributed by atoms with Gasteiger partial charge in [-0.25, -0.2) is 13.8 Å². The van der Waals surface area contributed by atoms with Crippen LogP contribution in [0.3, 0.4) is 0 Å². The maximum absolute atomic E-state index is 16.2. The normalized spacial score (nSPS) is 15.7. The summed E-state index contributed by atoms with van der Waals surface area (Å²) in [5.41, 5.74) is 6.16. The number of carbonyl (C=O) groups is 2. The third-order valence-electron chi connectivity index (χ3n) is 9.81. The number of pyridine rings is 1. The number of aromatic nitrogens is 3. The Morgan fingerprint density at radius 2 is 1.87 bits per heavy atom. The SMILES string of the molecule is C=CC(=O)N1CCn2nc(-c3nc(-c4ccc5c(c4)CCN(CC(=O)N(C)C)C5)c4sccc4c3-c3c(F)cc(F)cc3OCCOC)cc2[C@H]1C.